The van der Waals surface area contributed by atoms with Crippen LogP contribution in [0.3, 0.4) is 0 Å². The van der Waals surface area contributed by atoms with Crippen LogP contribution in [-0.4, -0.2) is 60.7 Å². The predicted molar refractivity (Wildman–Crippen MR) is 153 cm³/mol. The number of thioether (sulfide) groups is 1. The summed E-state index contributed by atoms with van der Waals surface area (Å²) in [7, 11) is 0. The average Bonchev–Trinajstić information content (AvgIpc) is 3.53. The summed E-state index contributed by atoms with van der Waals surface area (Å²) in [6.45, 7) is 9.91. The molecule has 11 heteroatoms. The number of imidazole rings is 1. The van der Waals surface area contributed by atoms with Crippen molar-refractivity contribution in [2.24, 2.45) is 23.2 Å². The van der Waals surface area contributed by atoms with Gasteiger partial charge in [-0.05, 0) is 69.8 Å². The molecule has 4 saturated carbocycles. The number of amides is 2. The second-order valence-electron chi connectivity index (χ2n) is 12.7. The summed E-state index contributed by atoms with van der Waals surface area (Å²) in [6, 6.07) is 0.107. The van der Waals surface area contributed by atoms with Crippen molar-refractivity contribution in [3.63, 3.8) is 0 Å². The highest BCUT2D eigenvalue weighted by atomic mass is 32.2. The van der Waals surface area contributed by atoms with E-state index in [0.29, 0.717) is 29.9 Å². The van der Waals surface area contributed by atoms with Crippen molar-refractivity contribution in [1.82, 2.24) is 30.0 Å². The van der Waals surface area contributed by atoms with Crippen LogP contribution in [0, 0.1) is 23.2 Å². The summed E-state index contributed by atoms with van der Waals surface area (Å²) in [5, 5.41) is 11.9. The third kappa shape index (κ3) is 6.14. The van der Waals surface area contributed by atoms with Gasteiger partial charge < -0.3 is 15.4 Å². The molecule has 6 rings (SSSR count). The third-order valence-corrected chi connectivity index (χ3v) is 9.49. The lowest BCUT2D eigenvalue weighted by Crippen LogP contribution is -2.60. The topological polar surface area (TPSA) is 120 Å². The summed E-state index contributed by atoms with van der Waals surface area (Å²) in [4.78, 5) is 41.6. The molecular weight excluding hydrogens is 528 g/mol. The molecule has 0 saturated heterocycles. The summed E-state index contributed by atoms with van der Waals surface area (Å²) >= 11 is 1.60. The van der Waals surface area contributed by atoms with E-state index in [-0.39, 0.29) is 34.6 Å². The zero-order chi connectivity index (χ0) is 28.7. The fraction of sp³-hybridized carbons (Fsp3) is 0.621. The molecule has 2 N–H and O–H groups in total. The van der Waals surface area contributed by atoms with E-state index < -0.39 is 5.54 Å². The molecule has 2 unspecified atom stereocenters. The second-order valence-corrected chi connectivity index (χ2v) is 14.3. The lowest BCUT2D eigenvalue weighted by molar-refractivity contribution is -0.120. The van der Waals surface area contributed by atoms with E-state index in [1.807, 2.05) is 26.1 Å². The molecule has 4 aliphatic rings. The molecule has 0 aromatic carbocycles. The molecule has 2 aromatic heterocycles. The van der Waals surface area contributed by atoms with E-state index in [0.717, 1.165) is 37.1 Å². The normalized spacial score (nSPS) is 27.4. The van der Waals surface area contributed by atoms with Gasteiger partial charge in [0, 0.05) is 42.2 Å². The van der Waals surface area contributed by atoms with Crippen molar-refractivity contribution in [2.75, 3.05) is 6.61 Å². The van der Waals surface area contributed by atoms with Gasteiger partial charge in [-0.1, -0.05) is 13.8 Å². The summed E-state index contributed by atoms with van der Waals surface area (Å²) in [5.74, 6) is 1.15. The minimum atomic E-state index is -0.552. The van der Waals surface area contributed by atoms with Crippen LogP contribution >= 0.6 is 11.8 Å². The summed E-state index contributed by atoms with van der Waals surface area (Å²) in [5.41, 5.74) is 0.00495. The molecule has 10 nitrogen and oxygen atoms in total. The van der Waals surface area contributed by atoms with Gasteiger partial charge >= 0.3 is 6.09 Å². The van der Waals surface area contributed by atoms with Crippen molar-refractivity contribution in [1.29, 1.82) is 0 Å². The van der Waals surface area contributed by atoms with Crippen LogP contribution < -0.4 is 10.6 Å². The number of carbonyl (C=O) groups excluding carboxylic acids is 3. The standard InChI is InChI=1S/C29H40N6O4S/c1-18(2)40-26-23(15-31-35(26)8-6-28(4,5)33-19(3)36)25(37)32-24-21-10-20-11-22(24)14-29(12-20,13-21)16-39-27(38)34-9-7-30-17-34/h6-9,15,17-18,20-22,24H,10-14,16H2,1-5H3,(H,32,37)(H,33,36)/b8-6+. The van der Waals surface area contributed by atoms with Crippen LogP contribution in [0.4, 0.5) is 4.79 Å². The monoisotopic (exact) mass is 568 g/mol. The van der Waals surface area contributed by atoms with Gasteiger partial charge in [0.15, 0.2) is 0 Å². The maximum atomic E-state index is 13.7. The fourth-order valence-electron chi connectivity index (χ4n) is 7.20. The van der Waals surface area contributed by atoms with Gasteiger partial charge in [-0.25, -0.2) is 19.0 Å². The highest BCUT2D eigenvalue weighted by Gasteiger charge is 2.56. The molecule has 2 atom stereocenters. The smallest absolute Gasteiger partial charge is 0.419 e. The quantitative estimate of drug-likeness (QED) is 0.425. The highest BCUT2D eigenvalue weighted by molar-refractivity contribution is 7.99. The van der Waals surface area contributed by atoms with Crippen LogP contribution in [0.5, 0.6) is 0 Å². The zero-order valence-electron chi connectivity index (χ0n) is 23.9. The number of carbonyl (C=O) groups is 3. The molecule has 4 aliphatic carbocycles. The van der Waals surface area contributed by atoms with Crippen LogP contribution in [0.15, 0.2) is 36.0 Å². The Hall–Kier alpha value is -3.08. The first-order valence-electron chi connectivity index (χ1n) is 14.1. The van der Waals surface area contributed by atoms with Crippen LogP contribution in [-0.2, 0) is 9.53 Å². The number of nitrogens with zero attached hydrogens (tertiary/aromatic N) is 4. The van der Waals surface area contributed by atoms with Gasteiger partial charge in [0.05, 0.1) is 23.9 Å². The Morgan fingerprint density at radius 2 is 1.95 bits per heavy atom. The van der Waals surface area contributed by atoms with E-state index >= 15 is 0 Å². The molecule has 4 bridgehead atoms. The molecule has 40 heavy (non-hydrogen) atoms. The van der Waals surface area contributed by atoms with E-state index in [1.165, 1.54) is 17.8 Å². The number of hydrogen-bond acceptors (Lipinski definition) is 7. The van der Waals surface area contributed by atoms with Crippen molar-refractivity contribution in [3.8, 4) is 0 Å². The number of nitrogens with one attached hydrogen (secondary N) is 2. The van der Waals surface area contributed by atoms with Gasteiger partial charge in [0.25, 0.3) is 5.91 Å². The predicted octanol–water partition coefficient (Wildman–Crippen LogP) is 4.58. The van der Waals surface area contributed by atoms with Crippen molar-refractivity contribution < 1.29 is 19.1 Å². The first-order chi connectivity index (χ1) is 18.9. The van der Waals surface area contributed by atoms with Crippen molar-refractivity contribution in [2.45, 2.75) is 88.6 Å². The van der Waals surface area contributed by atoms with Crippen LogP contribution in [0.25, 0.3) is 6.20 Å². The molecule has 4 fully saturated rings. The molecule has 2 aromatic rings. The Balaban J connectivity index is 1.28. The Morgan fingerprint density at radius 1 is 1.23 bits per heavy atom. The van der Waals surface area contributed by atoms with E-state index in [4.69, 9.17) is 4.74 Å². The second kappa shape index (κ2) is 11.1. The lowest BCUT2D eigenvalue weighted by atomic mass is 9.48. The lowest BCUT2D eigenvalue weighted by Gasteiger charge is -2.59. The Kier molecular flexibility index (Phi) is 7.87. The largest absolute Gasteiger partial charge is 0.448 e. The minimum absolute atomic E-state index is 0.0109. The molecular formula is C29H40N6O4S. The average molecular weight is 569 g/mol. The van der Waals surface area contributed by atoms with Gasteiger partial charge in [-0.2, -0.15) is 5.10 Å². The number of hydrogen-bond donors (Lipinski definition) is 2. The SMILES string of the molecule is CC(=O)NC(C)(C)/C=C/n1ncc(C(=O)NC2C3CC4CC2CC(COC(=O)n2ccnc2)(C4)C3)c1SC(C)C. The van der Waals surface area contributed by atoms with Crippen molar-refractivity contribution in [3.05, 3.63) is 36.6 Å². The molecule has 216 valence electrons. The van der Waals surface area contributed by atoms with E-state index in [2.05, 4.69) is 34.6 Å². The Labute approximate surface area is 239 Å². The minimum Gasteiger partial charge on any atom is -0.448 e. The fourth-order valence-corrected chi connectivity index (χ4v) is 8.13. The van der Waals surface area contributed by atoms with Gasteiger partial charge in [0.2, 0.25) is 5.91 Å². The van der Waals surface area contributed by atoms with E-state index in [9.17, 15) is 14.4 Å². The maximum absolute atomic E-state index is 13.7. The molecule has 2 heterocycles. The van der Waals surface area contributed by atoms with Gasteiger partial charge in [-0.3, -0.25) is 9.59 Å². The zero-order valence-corrected chi connectivity index (χ0v) is 24.7. The Bertz CT molecular complexity index is 1270. The Morgan fingerprint density at radius 3 is 2.58 bits per heavy atom. The van der Waals surface area contributed by atoms with Crippen LogP contribution in [0.2, 0.25) is 0 Å². The van der Waals surface area contributed by atoms with Gasteiger partial charge in [-0.15, -0.1) is 11.8 Å². The first-order valence-corrected chi connectivity index (χ1v) is 15.0. The summed E-state index contributed by atoms with van der Waals surface area (Å²) < 4.78 is 8.83. The number of aromatic nitrogens is 4. The molecule has 0 spiro atoms. The molecule has 2 amide bonds. The maximum Gasteiger partial charge on any atom is 0.419 e. The summed E-state index contributed by atoms with van der Waals surface area (Å²) in [6.07, 6.45) is 14.8. The van der Waals surface area contributed by atoms with Crippen LogP contribution in [0.1, 0.15) is 77.1 Å². The third-order valence-electron chi connectivity index (χ3n) is 8.39. The molecule has 0 aliphatic heterocycles. The number of rotatable bonds is 9. The molecule has 0 radical (unpaired) electrons. The number of ether oxygens (including phenoxy) is 1. The van der Waals surface area contributed by atoms with E-state index in [1.54, 1.807) is 35.0 Å². The van der Waals surface area contributed by atoms with Crippen molar-refractivity contribution >= 4 is 35.9 Å². The van der Waals surface area contributed by atoms with Gasteiger partial charge in [0.1, 0.15) is 11.4 Å². The first kappa shape index (κ1) is 28.4. The highest BCUT2D eigenvalue weighted by Crippen LogP contribution is 2.60.